The number of rotatable bonds is 4. The van der Waals surface area contributed by atoms with Crippen molar-refractivity contribution in [2.75, 3.05) is 18.0 Å². The van der Waals surface area contributed by atoms with Crippen molar-refractivity contribution in [2.24, 2.45) is 0 Å². The second-order valence-electron chi connectivity index (χ2n) is 8.70. The van der Waals surface area contributed by atoms with E-state index in [-0.39, 0.29) is 11.0 Å². The number of aryl methyl sites for hydroxylation is 1. The predicted octanol–water partition coefficient (Wildman–Crippen LogP) is 2.15. The van der Waals surface area contributed by atoms with E-state index in [0.717, 1.165) is 43.9 Å². The number of alkyl halides is 3. The van der Waals surface area contributed by atoms with Gasteiger partial charge in [0.25, 0.3) is 11.5 Å². The van der Waals surface area contributed by atoms with E-state index in [0.29, 0.717) is 12.5 Å². The summed E-state index contributed by atoms with van der Waals surface area (Å²) in [5.41, 5.74) is 0.404. The first-order valence-electron chi connectivity index (χ1n) is 11.4. The summed E-state index contributed by atoms with van der Waals surface area (Å²) in [6.45, 7) is 2.66. The second kappa shape index (κ2) is 10.4. The van der Waals surface area contributed by atoms with Gasteiger partial charge < -0.3 is 19.9 Å². The molecule has 3 aromatic rings. The smallest absolute Gasteiger partial charge is 0.475 e. The lowest BCUT2D eigenvalue weighted by atomic mass is 9.85. The lowest BCUT2D eigenvalue weighted by Crippen LogP contribution is -2.35. The molecular weight excluding hydrogens is 493 g/mol. The minimum atomic E-state index is -5.08. The van der Waals surface area contributed by atoms with Gasteiger partial charge in [-0.1, -0.05) is 30.3 Å². The number of benzene rings is 1. The highest BCUT2D eigenvalue weighted by Gasteiger charge is 2.47. The number of aliphatic carboxylic acids is 1. The van der Waals surface area contributed by atoms with Crippen molar-refractivity contribution in [1.29, 1.82) is 0 Å². The van der Waals surface area contributed by atoms with Crippen LogP contribution in [-0.2, 0) is 23.3 Å². The van der Waals surface area contributed by atoms with Crippen molar-refractivity contribution in [1.82, 2.24) is 24.8 Å². The summed E-state index contributed by atoms with van der Waals surface area (Å²) >= 11 is 0. The molecule has 2 aliphatic heterocycles. The van der Waals surface area contributed by atoms with E-state index in [9.17, 15) is 22.8 Å². The molecule has 0 bridgehead atoms. The molecule has 194 valence electrons. The Morgan fingerprint density at radius 2 is 1.70 bits per heavy atom. The van der Waals surface area contributed by atoms with E-state index in [1.54, 1.807) is 24.7 Å². The maximum absolute atomic E-state index is 12.7. The Bertz CT molecular complexity index is 1330. The van der Waals surface area contributed by atoms with Gasteiger partial charge in [0.05, 0.1) is 0 Å². The number of aromatic nitrogens is 4. The maximum atomic E-state index is 12.7. The zero-order chi connectivity index (χ0) is 26.6. The summed E-state index contributed by atoms with van der Waals surface area (Å²) in [6, 6.07) is 11.4. The number of carbonyl (C=O) groups excluding carboxylic acids is 1. The van der Waals surface area contributed by atoms with Crippen LogP contribution in [0.25, 0.3) is 0 Å². The quantitative estimate of drug-likeness (QED) is 0.540. The Labute approximate surface area is 208 Å². The molecule has 1 saturated heterocycles. The molecule has 1 spiro atoms. The molecule has 1 fully saturated rings. The lowest BCUT2D eigenvalue weighted by molar-refractivity contribution is -0.192. The highest BCUT2D eigenvalue weighted by molar-refractivity contribution is 5.93. The van der Waals surface area contributed by atoms with Crippen LogP contribution in [0.3, 0.4) is 0 Å². The molecule has 5 rings (SSSR count). The number of nitrogens with one attached hydrogen (secondary N) is 1. The number of amides is 1. The largest absolute Gasteiger partial charge is 0.490 e. The monoisotopic (exact) mass is 516 g/mol. The number of nitrogens with zero attached hydrogens (tertiary/aromatic N) is 5. The molecule has 1 amide bonds. The maximum Gasteiger partial charge on any atom is 0.490 e. The van der Waals surface area contributed by atoms with Crippen LogP contribution in [0.4, 0.5) is 19.1 Å². The average Bonchev–Trinajstić information content (AvgIpc) is 3.47. The van der Waals surface area contributed by atoms with Crippen LogP contribution in [0.2, 0.25) is 0 Å². The van der Waals surface area contributed by atoms with E-state index in [1.165, 1.54) is 0 Å². The third-order valence-electron chi connectivity index (χ3n) is 6.27. The van der Waals surface area contributed by atoms with Gasteiger partial charge in [-0.2, -0.15) is 18.2 Å². The molecule has 1 atom stereocenters. The molecule has 1 aromatic carbocycles. The zero-order valence-electron chi connectivity index (χ0n) is 19.5. The van der Waals surface area contributed by atoms with E-state index in [1.807, 2.05) is 34.9 Å². The lowest BCUT2D eigenvalue weighted by Gasteiger charge is -2.23. The topological polar surface area (TPSA) is 130 Å². The van der Waals surface area contributed by atoms with E-state index >= 15 is 0 Å². The molecule has 0 radical (unpaired) electrons. The fraction of sp³-hybridized carbons (Fsp3) is 0.333. The van der Waals surface area contributed by atoms with Crippen LogP contribution in [-0.4, -0.2) is 55.8 Å². The minimum Gasteiger partial charge on any atom is -0.475 e. The average molecular weight is 516 g/mol. The van der Waals surface area contributed by atoms with Crippen molar-refractivity contribution in [2.45, 2.75) is 37.5 Å². The van der Waals surface area contributed by atoms with Gasteiger partial charge in [-0.05, 0) is 24.5 Å². The molecule has 2 aromatic heterocycles. The fourth-order valence-corrected chi connectivity index (χ4v) is 4.45. The van der Waals surface area contributed by atoms with Gasteiger partial charge in [0.2, 0.25) is 5.95 Å². The molecule has 2 aliphatic rings. The third-order valence-corrected chi connectivity index (χ3v) is 6.27. The highest BCUT2D eigenvalue weighted by atomic mass is 19.4. The minimum absolute atomic E-state index is 0.0907. The normalized spacial score (nSPS) is 18.2. The molecule has 13 heteroatoms. The van der Waals surface area contributed by atoms with Crippen molar-refractivity contribution < 1.29 is 27.9 Å². The summed E-state index contributed by atoms with van der Waals surface area (Å²) in [6.07, 6.45) is 1.83. The van der Waals surface area contributed by atoms with Gasteiger partial charge in [0.15, 0.2) is 0 Å². The van der Waals surface area contributed by atoms with E-state index < -0.39 is 23.6 Å². The van der Waals surface area contributed by atoms with Gasteiger partial charge in [0.1, 0.15) is 11.4 Å². The van der Waals surface area contributed by atoms with Crippen molar-refractivity contribution >= 4 is 17.8 Å². The van der Waals surface area contributed by atoms with Gasteiger partial charge in [-0.15, -0.1) is 0 Å². The van der Waals surface area contributed by atoms with Crippen molar-refractivity contribution in [3.63, 3.8) is 0 Å². The zero-order valence-corrected chi connectivity index (χ0v) is 19.5. The third kappa shape index (κ3) is 5.76. The molecule has 4 heterocycles. The fourth-order valence-electron chi connectivity index (χ4n) is 4.45. The predicted molar refractivity (Wildman–Crippen MR) is 125 cm³/mol. The SMILES string of the molecule is O=C(NCc1ccccc1)c1cn2c(nc1=O)C1(CCN(c3ncccn3)C1)CC2.O=C(O)C(F)(F)F. The summed E-state index contributed by atoms with van der Waals surface area (Å²) in [7, 11) is 0. The standard InChI is InChI=1S/C22H22N6O2.C2HF3O2/c29-18(25-13-16-5-2-1-3-6-16)17-14-27-11-7-22(20(27)26-19(17)30)8-12-28(15-22)21-23-9-4-10-24-21;3-2(4,5)1(6)7/h1-6,9-10,14H,7-8,11-13,15H2,(H,25,29);(H,6,7). The first kappa shape index (κ1) is 25.8. The number of carboxylic acid groups (broad SMARTS) is 1. The van der Waals surface area contributed by atoms with Crippen LogP contribution < -0.4 is 15.8 Å². The van der Waals surface area contributed by atoms with Crippen molar-refractivity contribution in [3.05, 3.63) is 82.3 Å². The number of fused-ring (bicyclic) bond motifs is 2. The Morgan fingerprint density at radius 3 is 2.35 bits per heavy atom. The molecule has 0 saturated carbocycles. The number of carboxylic acids is 1. The molecular formula is C24H23F3N6O4. The van der Waals surface area contributed by atoms with Gasteiger partial charge in [-0.25, -0.2) is 14.8 Å². The summed E-state index contributed by atoms with van der Waals surface area (Å²) in [5.74, 6) is -1.68. The van der Waals surface area contributed by atoms with E-state index in [4.69, 9.17) is 9.90 Å². The van der Waals surface area contributed by atoms with Crippen LogP contribution >= 0.6 is 0 Å². The molecule has 37 heavy (non-hydrogen) atoms. The number of hydrogen-bond donors (Lipinski definition) is 2. The van der Waals surface area contributed by atoms with Crippen molar-refractivity contribution in [3.8, 4) is 0 Å². The molecule has 10 nitrogen and oxygen atoms in total. The summed E-state index contributed by atoms with van der Waals surface area (Å²) in [4.78, 5) is 49.4. The molecule has 1 unspecified atom stereocenters. The summed E-state index contributed by atoms with van der Waals surface area (Å²) in [5, 5.41) is 9.94. The van der Waals surface area contributed by atoms with E-state index in [2.05, 4.69) is 25.2 Å². The van der Waals surface area contributed by atoms with Gasteiger partial charge in [-0.3, -0.25) is 9.59 Å². The number of hydrogen-bond acceptors (Lipinski definition) is 7. The summed E-state index contributed by atoms with van der Waals surface area (Å²) < 4.78 is 33.7. The number of halogens is 3. The Kier molecular flexibility index (Phi) is 7.23. The Balaban J connectivity index is 0.000000405. The number of carbonyl (C=O) groups is 2. The Morgan fingerprint density at radius 1 is 1.05 bits per heavy atom. The van der Waals surface area contributed by atoms with Crippen LogP contribution in [0.1, 0.15) is 34.6 Å². The van der Waals surface area contributed by atoms with Crippen LogP contribution in [0.5, 0.6) is 0 Å². The first-order valence-corrected chi connectivity index (χ1v) is 11.4. The van der Waals surface area contributed by atoms with Crippen LogP contribution in [0.15, 0.2) is 59.8 Å². The van der Waals surface area contributed by atoms with Gasteiger partial charge >= 0.3 is 12.1 Å². The number of anilines is 1. The highest BCUT2D eigenvalue weighted by Crippen LogP contribution is 2.41. The molecule has 0 aliphatic carbocycles. The van der Waals surface area contributed by atoms with Gasteiger partial charge in [0, 0.05) is 50.2 Å². The molecule has 2 N–H and O–H groups in total. The van der Waals surface area contributed by atoms with Crippen LogP contribution in [0, 0.1) is 0 Å². The first-order chi connectivity index (χ1) is 17.6. The second-order valence-corrected chi connectivity index (χ2v) is 8.70. The Hall–Kier alpha value is -4.29.